The standard InChI is InChI=1S/C10H13N3O3/c11-3-6-16-13-8(14)7-10(9(13)15)1-4-12-5-2-10/h12H,1-2,4-7H2. The van der Waals surface area contributed by atoms with Gasteiger partial charge in [0.2, 0.25) is 0 Å². The molecule has 0 atom stereocenters. The Hall–Kier alpha value is -1.45. The second-order valence-corrected chi connectivity index (χ2v) is 4.13. The van der Waals surface area contributed by atoms with Crippen molar-refractivity contribution in [2.45, 2.75) is 19.3 Å². The monoisotopic (exact) mass is 223 g/mol. The smallest absolute Gasteiger partial charge is 0.260 e. The number of hydroxylamine groups is 2. The topological polar surface area (TPSA) is 82.4 Å². The first-order valence-electron chi connectivity index (χ1n) is 5.28. The summed E-state index contributed by atoms with van der Waals surface area (Å²) in [6.07, 6.45) is 1.52. The van der Waals surface area contributed by atoms with Crippen LogP contribution in [-0.4, -0.2) is 36.6 Å². The van der Waals surface area contributed by atoms with Crippen molar-refractivity contribution in [1.82, 2.24) is 10.4 Å². The summed E-state index contributed by atoms with van der Waals surface area (Å²) >= 11 is 0. The molecule has 2 heterocycles. The van der Waals surface area contributed by atoms with Gasteiger partial charge in [0.25, 0.3) is 11.8 Å². The van der Waals surface area contributed by atoms with Gasteiger partial charge in [-0.15, -0.1) is 0 Å². The number of imide groups is 1. The molecule has 0 aromatic carbocycles. The average molecular weight is 223 g/mol. The summed E-state index contributed by atoms with van der Waals surface area (Å²) in [6.45, 7) is 1.21. The van der Waals surface area contributed by atoms with E-state index in [0.29, 0.717) is 12.8 Å². The molecule has 0 aromatic heterocycles. The zero-order valence-electron chi connectivity index (χ0n) is 8.86. The summed E-state index contributed by atoms with van der Waals surface area (Å²) in [5, 5.41) is 12.3. The third kappa shape index (κ3) is 1.68. The summed E-state index contributed by atoms with van der Waals surface area (Å²) in [4.78, 5) is 28.5. The van der Waals surface area contributed by atoms with Gasteiger partial charge < -0.3 is 5.32 Å². The van der Waals surface area contributed by atoms with E-state index < -0.39 is 5.41 Å². The van der Waals surface area contributed by atoms with Gasteiger partial charge in [-0.05, 0) is 25.9 Å². The second-order valence-electron chi connectivity index (χ2n) is 4.13. The molecule has 2 saturated heterocycles. The quantitative estimate of drug-likeness (QED) is 0.642. The molecule has 2 aliphatic heterocycles. The Bertz CT molecular complexity index is 355. The third-order valence-electron chi connectivity index (χ3n) is 3.17. The van der Waals surface area contributed by atoms with Crippen LogP contribution < -0.4 is 5.32 Å². The lowest BCUT2D eigenvalue weighted by Gasteiger charge is -2.30. The third-order valence-corrected chi connectivity index (χ3v) is 3.17. The Morgan fingerprint density at radius 2 is 2.12 bits per heavy atom. The number of hydrogen-bond donors (Lipinski definition) is 1. The molecule has 2 fully saturated rings. The SMILES string of the molecule is N#CCON1C(=O)CC2(CCNCC2)C1=O. The number of nitrogens with zero attached hydrogens (tertiary/aromatic N) is 2. The lowest BCUT2D eigenvalue weighted by atomic mass is 9.77. The fourth-order valence-corrected chi connectivity index (χ4v) is 2.29. The normalized spacial score (nSPS) is 23.8. The Labute approximate surface area is 93.1 Å². The number of nitrogens with one attached hydrogen (secondary N) is 1. The van der Waals surface area contributed by atoms with Gasteiger partial charge in [0, 0.05) is 6.42 Å². The largest absolute Gasteiger partial charge is 0.317 e. The van der Waals surface area contributed by atoms with Crippen molar-refractivity contribution in [3.8, 4) is 6.07 Å². The van der Waals surface area contributed by atoms with Gasteiger partial charge in [-0.3, -0.25) is 9.59 Å². The molecule has 2 amide bonds. The van der Waals surface area contributed by atoms with E-state index in [1.54, 1.807) is 6.07 Å². The molecule has 0 bridgehead atoms. The van der Waals surface area contributed by atoms with Crippen LogP contribution in [0, 0.1) is 16.7 Å². The zero-order chi connectivity index (χ0) is 11.6. The van der Waals surface area contributed by atoms with Crippen LogP contribution in [0.3, 0.4) is 0 Å². The number of amides is 2. The van der Waals surface area contributed by atoms with Crippen molar-refractivity contribution >= 4 is 11.8 Å². The molecular weight excluding hydrogens is 210 g/mol. The van der Waals surface area contributed by atoms with Crippen LogP contribution in [0.25, 0.3) is 0 Å². The Balaban J connectivity index is 2.12. The summed E-state index contributed by atoms with van der Waals surface area (Å²) < 4.78 is 0. The lowest BCUT2D eigenvalue weighted by molar-refractivity contribution is -0.187. The van der Waals surface area contributed by atoms with Gasteiger partial charge in [-0.25, -0.2) is 4.84 Å². The molecule has 0 saturated carbocycles. The summed E-state index contributed by atoms with van der Waals surface area (Å²) in [7, 11) is 0. The van der Waals surface area contributed by atoms with E-state index in [1.165, 1.54) is 0 Å². The number of rotatable bonds is 2. The average Bonchev–Trinajstić information content (AvgIpc) is 2.50. The number of carbonyl (C=O) groups excluding carboxylic acids is 2. The van der Waals surface area contributed by atoms with Gasteiger partial charge in [-0.2, -0.15) is 10.3 Å². The maximum absolute atomic E-state index is 12.0. The first-order valence-corrected chi connectivity index (χ1v) is 5.28. The van der Waals surface area contributed by atoms with Crippen molar-refractivity contribution in [2.75, 3.05) is 19.7 Å². The molecule has 0 aliphatic carbocycles. The van der Waals surface area contributed by atoms with Gasteiger partial charge in [0.15, 0.2) is 6.61 Å². The molecular formula is C10H13N3O3. The first-order chi connectivity index (χ1) is 7.69. The van der Waals surface area contributed by atoms with Crippen LogP contribution in [0.2, 0.25) is 0 Å². The van der Waals surface area contributed by atoms with Crippen LogP contribution in [0.4, 0.5) is 0 Å². The number of piperidine rings is 1. The van der Waals surface area contributed by atoms with Crippen molar-refractivity contribution < 1.29 is 14.4 Å². The minimum absolute atomic E-state index is 0.207. The van der Waals surface area contributed by atoms with E-state index in [2.05, 4.69) is 5.32 Å². The van der Waals surface area contributed by atoms with Crippen molar-refractivity contribution in [2.24, 2.45) is 5.41 Å². The van der Waals surface area contributed by atoms with Gasteiger partial charge in [0.05, 0.1) is 11.5 Å². The molecule has 16 heavy (non-hydrogen) atoms. The van der Waals surface area contributed by atoms with Crippen molar-refractivity contribution in [3.05, 3.63) is 0 Å². The highest BCUT2D eigenvalue weighted by atomic mass is 16.7. The van der Waals surface area contributed by atoms with Gasteiger partial charge in [0.1, 0.15) is 0 Å². The second kappa shape index (κ2) is 4.20. The maximum atomic E-state index is 12.0. The summed E-state index contributed by atoms with van der Waals surface area (Å²) in [5.74, 6) is -0.614. The van der Waals surface area contributed by atoms with Crippen molar-refractivity contribution in [1.29, 1.82) is 5.26 Å². The Kier molecular flexibility index (Phi) is 2.90. The van der Waals surface area contributed by atoms with Crippen LogP contribution in [0.5, 0.6) is 0 Å². The lowest BCUT2D eigenvalue weighted by Crippen LogP contribution is -2.42. The van der Waals surface area contributed by atoms with Crippen LogP contribution in [0.15, 0.2) is 0 Å². The van der Waals surface area contributed by atoms with E-state index in [1.807, 2.05) is 0 Å². The molecule has 2 aliphatic rings. The highest BCUT2D eigenvalue weighted by Crippen LogP contribution is 2.40. The number of hydrogen-bond acceptors (Lipinski definition) is 5. The number of carbonyl (C=O) groups is 2. The Morgan fingerprint density at radius 1 is 1.44 bits per heavy atom. The van der Waals surface area contributed by atoms with Crippen molar-refractivity contribution in [3.63, 3.8) is 0 Å². The molecule has 6 nitrogen and oxygen atoms in total. The predicted molar refractivity (Wildman–Crippen MR) is 52.6 cm³/mol. The molecule has 0 aromatic rings. The van der Waals surface area contributed by atoms with Crippen LogP contribution >= 0.6 is 0 Å². The van der Waals surface area contributed by atoms with E-state index in [-0.39, 0.29) is 24.8 Å². The van der Waals surface area contributed by atoms with Gasteiger partial charge >= 0.3 is 0 Å². The van der Waals surface area contributed by atoms with Crippen LogP contribution in [0.1, 0.15) is 19.3 Å². The number of nitriles is 1. The van der Waals surface area contributed by atoms with E-state index in [0.717, 1.165) is 18.2 Å². The molecule has 1 N–H and O–H groups in total. The summed E-state index contributed by atoms with van der Waals surface area (Å²) in [6, 6.07) is 1.75. The molecule has 86 valence electrons. The highest BCUT2D eigenvalue weighted by Gasteiger charge is 2.52. The molecule has 0 unspecified atom stereocenters. The highest BCUT2D eigenvalue weighted by molar-refractivity contribution is 6.04. The van der Waals surface area contributed by atoms with Crippen LogP contribution in [-0.2, 0) is 14.4 Å². The molecule has 2 rings (SSSR count). The van der Waals surface area contributed by atoms with E-state index in [4.69, 9.17) is 10.1 Å². The zero-order valence-corrected chi connectivity index (χ0v) is 8.86. The molecule has 0 radical (unpaired) electrons. The van der Waals surface area contributed by atoms with E-state index >= 15 is 0 Å². The fourth-order valence-electron chi connectivity index (χ4n) is 2.29. The summed E-state index contributed by atoms with van der Waals surface area (Å²) in [5.41, 5.74) is -0.586. The minimum atomic E-state index is -0.586. The predicted octanol–water partition coefficient (Wildman–Crippen LogP) is -0.430. The minimum Gasteiger partial charge on any atom is -0.317 e. The maximum Gasteiger partial charge on any atom is 0.260 e. The molecule has 6 heteroatoms. The Morgan fingerprint density at radius 3 is 2.75 bits per heavy atom. The fraction of sp³-hybridized carbons (Fsp3) is 0.700. The molecule has 1 spiro atoms. The first kappa shape index (κ1) is 11.0. The van der Waals surface area contributed by atoms with Gasteiger partial charge in [-0.1, -0.05) is 0 Å². The van der Waals surface area contributed by atoms with E-state index in [9.17, 15) is 9.59 Å².